The summed E-state index contributed by atoms with van der Waals surface area (Å²) in [4.78, 5) is 0. The van der Waals surface area contributed by atoms with Crippen molar-refractivity contribution in [3.05, 3.63) is 0 Å². The number of nitrogens with one attached hydrogen (secondary N) is 4. The number of amidine groups is 2. The van der Waals surface area contributed by atoms with Crippen molar-refractivity contribution < 1.29 is 21.1 Å². The molecule has 0 bridgehead atoms. The Balaban J connectivity index is -0.0000000639. The zero-order valence-corrected chi connectivity index (χ0v) is 19.1. The quantitative estimate of drug-likeness (QED) is 0.251. The normalized spacial score (nSPS) is 8.70. The Kier molecular flexibility index (Phi) is 35.2. The fourth-order valence-electron chi connectivity index (χ4n) is 0.866. The maximum absolute atomic E-state index is 6.91. The molecule has 142 valence electrons. The van der Waals surface area contributed by atoms with Crippen LogP contribution in [-0.4, -0.2) is 35.8 Å². The zero-order chi connectivity index (χ0) is 18.9. The Hall–Kier alpha value is -0.452. The molecule has 0 aromatic rings. The predicted molar refractivity (Wildman–Crippen MR) is 102 cm³/mol. The molecule has 0 aromatic carbocycles. The second-order valence-electron chi connectivity index (χ2n) is 6.34. The molecule has 8 N–H and O–H groups in total. The molecule has 6 nitrogen and oxygen atoms in total. The van der Waals surface area contributed by atoms with Crippen molar-refractivity contribution in [3.63, 3.8) is 0 Å². The number of hydrogen-bond donors (Lipinski definition) is 6. The van der Waals surface area contributed by atoms with Gasteiger partial charge in [0.2, 0.25) is 0 Å². The van der Waals surface area contributed by atoms with Gasteiger partial charge in [-0.3, -0.25) is 10.8 Å². The largest absolute Gasteiger partial charge is 4.00 e. The van der Waals surface area contributed by atoms with E-state index in [0.717, 1.165) is 0 Å². The molecule has 0 spiro atoms. The van der Waals surface area contributed by atoms with Crippen LogP contribution in [-0.2, 0) is 21.1 Å². The van der Waals surface area contributed by atoms with Crippen LogP contribution in [0.5, 0.6) is 0 Å². The van der Waals surface area contributed by atoms with Crippen molar-refractivity contribution in [1.29, 1.82) is 10.8 Å². The van der Waals surface area contributed by atoms with Crippen molar-refractivity contribution in [2.45, 2.75) is 93.4 Å². The summed E-state index contributed by atoms with van der Waals surface area (Å²) in [5, 5.41) is 19.6. The summed E-state index contributed by atoms with van der Waals surface area (Å²) in [6, 6.07) is 1.47. The van der Waals surface area contributed by atoms with Crippen molar-refractivity contribution in [2.24, 2.45) is 11.5 Å². The van der Waals surface area contributed by atoms with E-state index in [2.05, 4.69) is 10.6 Å². The molecule has 0 aromatic heterocycles. The Morgan fingerprint density at radius 2 is 0.783 bits per heavy atom. The van der Waals surface area contributed by atoms with Crippen LogP contribution in [0.15, 0.2) is 0 Å². The molecule has 0 atom stereocenters. The standard InChI is InChI=1S/2C5H12N2.2C3H9N.Pt/c2*1-4(2)7-5(3)6;2*1-3(2)4;/h2*4H,1-3H3,(H2,6,7);2*3H,4H2,1-2H3;/q;;;;+4. The maximum atomic E-state index is 6.91. The SMILES string of the molecule is CC(=N)NC(C)C.CC(=N)NC(C)C.CC(C)N.CC(C)N.[Pt+4]. The molecule has 0 heterocycles. The van der Waals surface area contributed by atoms with Gasteiger partial charge in [-0.15, -0.1) is 0 Å². The third-order valence-electron chi connectivity index (χ3n) is 1.01. The number of rotatable bonds is 2. The third-order valence-corrected chi connectivity index (χ3v) is 1.01. The molecule has 0 aliphatic carbocycles. The summed E-state index contributed by atoms with van der Waals surface area (Å²) in [5.41, 5.74) is 10.2. The Labute approximate surface area is 159 Å². The van der Waals surface area contributed by atoms with Crippen LogP contribution < -0.4 is 22.1 Å². The van der Waals surface area contributed by atoms with E-state index < -0.39 is 0 Å². The van der Waals surface area contributed by atoms with Crippen molar-refractivity contribution >= 4 is 11.7 Å². The first-order valence-corrected chi connectivity index (χ1v) is 7.86. The first-order chi connectivity index (χ1) is 9.72. The van der Waals surface area contributed by atoms with Crippen LogP contribution in [0, 0.1) is 10.8 Å². The number of hydrogen-bond acceptors (Lipinski definition) is 4. The average Bonchev–Trinajstić information content (AvgIpc) is 2.10. The van der Waals surface area contributed by atoms with Gasteiger partial charge in [0.25, 0.3) is 0 Å². The molecule has 0 aliphatic rings. The van der Waals surface area contributed by atoms with E-state index in [1.54, 1.807) is 13.8 Å². The van der Waals surface area contributed by atoms with Gasteiger partial charge in [-0.25, -0.2) is 0 Å². The molecule has 0 rings (SSSR count). The van der Waals surface area contributed by atoms with Gasteiger partial charge in [-0.1, -0.05) is 27.7 Å². The minimum Gasteiger partial charge on any atom is -0.372 e. The molecule has 0 fully saturated rings. The van der Waals surface area contributed by atoms with E-state index in [0.29, 0.717) is 35.8 Å². The summed E-state index contributed by atoms with van der Waals surface area (Å²) in [6.45, 7) is 19.3. The van der Waals surface area contributed by atoms with Gasteiger partial charge >= 0.3 is 21.1 Å². The Morgan fingerprint density at radius 1 is 0.652 bits per heavy atom. The topological polar surface area (TPSA) is 124 Å². The minimum absolute atomic E-state index is 0. The van der Waals surface area contributed by atoms with Crippen molar-refractivity contribution in [3.8, 4) is 0 Å². The van der Waals surface area contributed by atoms with Gasteiger partial charge in [-0.05, 0) is 53.6 Å². The van der Waals surface area contributed by atoms with Gasteiger partial charge in [-0.2, -0.15) is 0 Å². The van der Waals surface area contributed by atoms with Crippen LogP contribution >= 0.6 is 0 Å². The van der Waals surface area contributed by atoms with Crippen molar-refractivity contribution in [2.75, 3.05) is 0 Å². The van der Waals surface area contributed by atoms with E-state index in [1.165, 1.54) is 0 Å². The van der Waals surface area contributed by atoms with Gasteiger partial charge < -0.3 is 22.1 Å². The smallest absolute Gasteiger partial charge is 0.372 e. The molecule has 0 saturated heterocycles. The van der Waals surface area contributed by atoms with Crippen LogP contribution in [0.25, 0.3) is 0 Å². The fraction of sp³-hybridized carbons (Fsp3) is 0.875. The van der Waals surface area contributed by atoms with Gasteiger partial charge in [0.1, 0.15) is 0 Å². The average molecular weight is 514 g/mol. The molecule has 7 heteroatoms. The summed E-state index contributed by atoms with van der Waals surface area (Å²) in [6.07, 6.45) is 0. The van der Waals surface area contributed by atoms with E-state index in [9.17, 15) is 0 Å². The van der Waals surface area contributed by atoms with Crippen LogP contribution in [0.4, 0.5) is 0 Å². The fourth-order valence-corrected chi connectivity index (χ4v) is 0.866. The molecule has 0 unspecified atom stereocenters. The Bertz CT molecular complexity index is 221. The van der Waals surface area contributed by atoms with Gasteiger partial charge in [0.05, 0.1) is 11.7 Å². The summed E-state index contributed by atoms with van der Waals surface area (Å²) in [5.74, 6) is 1.07. The summed E-state index contributed by atoms with van der Waals surface area (Å²) < 4.78 is 0. The molecule has 0 saturated carbocycles. The van der Waals surface area contributed by atoms with E-state index in [4.69, 9.17) is 22.3 Å². The summed E-state index contributed by atoms with van der Waals surface area (Å²) in [7, 11) is 0. The minimum atomic E-state index is 0. The monoisotopic (exact) mass is 513 g/mol. The van der Waals surface area contributed by atoms with Crippen LogP contribution in [0.1, 0.15) is 69.2 Å². The maximum Gasteiger partial charge on any atom is 4.00 e. The van der Waals surface area contributed by atoms with Gasteiger partial charge in [0, 0.05) is 12.1 Å². The zero-order valence-electron chi connectivity index (χ0n) is 16.8. The second kappa shape index (κ2) is 23.8. The molecule has 23 heavy (non-hydrogen) atoms. The van der Waals surface area contributed by atoms with Gasteiger partial charge in [0.15, 0.2) is 0 Å². The molecular formula is C16H42N6Pt+4. The molecular weight excluding hydrogens is 471 g/mol. The third kappa shape index (κ3) is 145. The van der Waals surface area contributed by atoms with E-state index in [-0.39, 0.29) is 21.1 Å². The summed E-state index contributed by atoms with van der Waals surface area (Å²) >= 11 is 0. The van der Waals surface area contributed by atoms with Crippen LogP contribution in [0.3, 0.4) is 0 Å². The molecule has 0 radical (unpaired) electrons. The van der Waals surface area contributed by atoms with Crippen molar-refractivity contribution in [1.82, 2.24) is 10.6 Å². The number of nitrogens with two attached hydrogens (primary N) is 2. The first-order valence-electron chi connectivity index (χ1n) is 7.86. The Morgan fingerprint density at radius 3 is 0.783 bits per heavy atom. The van der Waals surface area contributed by atoms with E-state index >= 15 is 0 Å². The predicted octanol–water partition coefficient (Wildman–Crippen LogP) is 2.67. The molecule has 0 aliphatic heterocycles. The van der Waals surface area contributed by atoms with E-state index in [1.807, 2.05) is 55.4 Å². The van der Waals surface area contributed by atoms with Crippen LogP contribution in [0.2, 0.25) is 0 Å². The second-order valence-corrected chi connectivity index (χ2v) is 6.34. The first kappa shape index (κ1) is 34.0. The molecule has 0 amide bonds.